The van der Waals surface area contributed by atoms with Crippen LogP contribution in [0.2, 0.25) is 0 Å². The highest BCUT2D eigenvalue weighted by atomic mass is 19.1. The van der Waals surface area contributed by atoms with E-state index >= 15 is 0 Å². The summed E-state index contributed by atoms with van der Waals surface area (Å²) in [5, 5.41) is 0. The van der Waals surface area contributed by atoms with Crippen molar-refractivity contribution >= 4 is 5.91 Å². The van der Waals surface area contributed by atoms with Gasteiger partial charge in [-0.3, -0.25) is 9.69 Å². The molecule has 2 aliphatic heterocycles. The number of hydrogen-bond donors (Lipinski definition) is 0. The van der Waals surface area contributed by atoms with Crippen LogP contribution in [0.3, 0.4) is 0 Å². The zero-order valence-electron chi connectivity index (χ0n) is 18.8. The van der Waals surface area contributed by atoms with Crippen LogP contribution in [0.5, 0.6) is 0 Å². The van der Waals surface area contributed by atoms with Gasteiger partial charge in [0, 0.05) is 38.9 Å². The minimum absolute atomic E-state index is 0.0864. The average Bonchev–Trinajstić information content (AvgIpc) is 3.48. The molecule has 2 aliphatic rings. The highest BCUT2D eigenvalue weighted by Gasteiger charge is 2.29. The molecule has 1 amide bonds. The Morgan fingerprint density at radius 2 is 1.97 bits per heavy atom. The summed E-state index contributed by atoms with van der Waals surface area (Å²) < 4.78 is 30.6. The second-order valence-corrected chi connectivity index (χ2v) is 8.86. The molecular formula is C25H33FN2O4. The zero-order chi connectivity index (χ0) is 22.3. The molecule has 174 valence electrons. The average molecular weight is 445 g/mol. The summed E-state index contributed by atoms with van der Waals surface area (Å²) in [5.74, 6) is 1.18. The molecule has 2 fully saturated rings. The van der Waals surface area contributed by atoms with E-state index in [1.54, 1.807) is 25.3 Å². The Labute approximate surface area is 189 Å². The minimum atomic E-state index is -0.144. The van der Waals surface area contributed by atoms with Gasteiger partial charge >= 0.3 is 0 Å². The number of likely N-dealkylation sites (tertiary alicyclic amines) is 1. The zero-order valence-corrected chi connectivity index (χ0v) is 18.8. The Morgan fingerprint density at radius 3 is 2.69 bits per heavy atom. The monoisotopic (exact) mass is 444 g/mol. The predicted octanol–water partition coefficient (Wildman–Crippen LogP) is 4.10. The van der Waals surface area contributed by atoms with Gasteiger partial charge < -0.3 is 18.8 Å². The number of furan rings is 1. The van der Waals surface area contributed by atoms with E-state index in [9.17, 15) is 9.18 Å². The molecule has 0 saturated carbocycles. The van der Waals surface area contributed by atoms with Gasteiger partial charge in [-0.15, -0.1) is 0 Å². The van der Waals surface area contributed by atoms with Gasteiger partial charge in [0.25, 0.3) is 5.91 Å². The fourth-order valence-electron chi connectivity index (χ4n) is 4.65. The van der Waals surface area contributed by atoms with E-state index in [-0.39, 0.29) is 17.8 Å². The Morgan fingerprint density at radius 1 is 1.16 bits per heavy atom. The van der Waals surface area contributed by atoms with Crippen molar-refractivity contribution in [2.75, 3.05) is 39.9 Å². The normalized spacial score (nSPS) is 20.0. The van der Waals surface area contributed by atoms with Crippen LogP contribution in [0, 0.1) is 11.7 Å². The van der Waals surface area contributed by atoms with Crippen molar-refractivity contribution in [1.82, 2.24) is 9.80 Å². The fraction of sp³-hybridized carbons (Fsp3) is 0.560. The van der Waals surface area contributed by atoms with Crippen LogP contribution in [0.15, 0.2) is 40.8 Å². The second kappa shape index (κ2) is 11.1. The van der Waals surface area contributed by atoms with E-state index in [1.165, 1.54) is 6.07 Å². The first kappa shape index (κ1) is 23.0. The molecular weight excluding hydrogens is 411 g/mol. The molecule has 0 aliphatic carbocycles. The Hall–Kier alpha value is -2.22. The first-order valence-corrected chi connectivity index (χ1v) is 11.6. The quantitative estimate of drug-likeness (QED) is 0.583. The van der Waals surface area contributed by atoms with Crippen molar-refractivity contribution in [2.24, 2.45) is 5.92 Å². The largest absolute Gasteiger partial charge is 0.453 e. The number of halogens is 1. The molecule has 1 aromatic heterocycles. The number of benzene rings is 1. The topological polar surface area (TPSA) is 55.2 Å². The lowest BCUT2D eigenvalue weighted by Gasteiger charge is -2.35. The molecule has 2 saturated heterocycles. The maximum absolute atomic E-state index is 14.0. The molecule has 0 bridgehead atoms. The molecule has 2 aromatic rings. The standard InChI is InChI=1S/C25H33FN2O4/c1-30-18-22-8-9-24(32-22)25(29)28(17-21-6-4-14-31-21)15-19-10-12-27(13-11-19)16-20-5-2-3-7-23(20)26/h2-3,5,7-9,19,21H,4,6,10-18H2,1H3. The number of ether oxygens (including phenoxy) is 2. The summed E-state index contributed by atoms with van der Waals surface area (Å²) in [7, 11) is 1.60. The summed E-state index contributed by atoms with van der Waals surface area (Å²) in [5.41, 5.74) is 0.741. The minimum Gasteiger partial charge on any atom is -0.453 e. The maximum atomic E-state index is 14.0. The van der Waals surface area contributed by atoms with Crippen LogP contribution in [0.25, 0.3) is 0 Å². The van der Waals surface area contributed by atoms with E-state index in [4.69, 9.17) is 13.9 Å². The van der Waals surface area contributed by atoms with E-state index in [0.717, 1.165) is 50.9 Å². The number of piperidine rings is 1. The fourth-order valence-corrected chi connectivity index (χ4v) is 4.65. The number of methoxy groups -OCH3 is 1. The molecule has 1 aromatic carbocycles. The number of nitrogens with zero attached hydrogens (tertiary/aromatic N) is 2. The third-order valence-electron chi connectivity index (χ3n) is 6.43. The van der Waals surface area contributed by atoms with Gasteiger partial charge in [-0.2, -0.15) is 0 Å². The van der Waals surface area contributed by atoms with Gasteiger partial charge in [0.2, 0.25) is 0 Å². The molecule has 4 rings (SSSR count). The van der Waals surface area contributed by atoms with Crippen molar-refractivity contribution < 1.29 is 23.1 Å². The summed E-state index contributed by atoms with van der Waals surface area (Å²) >= 11 is 0. The molecule has 32 heavy (non-hydrogen) atoms. The number of carbonyl (C=O) groups excluding carboxylic acids is 1. The van der Waals surface area contributed by atoms with Gasteiger partial charge in [-0.25, -0.2) is 4.39 Å². The SMILES string of the molecule is COCc1ccc(C(=O)N(CC2CCN(Cc3ccccc3F)CC2)CC2CCCO2)o1. The number of rotatable bonds is 9. The Kier molecular flexibility index (Phi) is 7.95. The third-order valence-corrected chi connectivity index (χ3v) is 6.43. The first-order chi connectivity index (χ1) is 15.6. The predicted molar refractivity (Wildman–Crippen MR) is 119 cm³/mol. The number of hydrogen-bond acceptors (Lipinski definition) is 5. The lowest BCUT2D eigenvalue weighted by Crippen LogP contribution is -2.43. The summed E-state index contributed by atoms with van der Waals surface area (Å²) in [4.78, 5) is 17.5. The summed E-state index contributed by atoms with van der Waals surface area (Å²) in [6, 6.07) is 10.5. The molecule has 6 nitrogen and oxygen atoms in total. The molecule has 1 unspecified atom stereocenters. The van der Waals surface area contributed by atoms with Gasteiger partial charge in [-0.05, 0) is 62.9 Å². The third kappa shape index (κ3) is 5.97. The molecule has 0 radical (unpaired) electrons. The van der Waals surface area contributed by atoms with Crippen LogP contribution >= 0.6 is 0 Å². The molecule has 0 N–H and O–H groups in total. The Balaban J connectivity index is 1.35. The summed E-state index contributed by atoms with van der Waals surface area (Å²) in [6.07, 6.45) is 4.08. The van der Waals surface area contributed by atoms with Crippen molar-refractivity contribution in [3.05, 3.63) is 59.3 Å². The van der Waals surface area contributed by atoms with Crippen molar-refractivity contribution in [1.29, 1.82) is 0 Å². The van der Waals surface area contributed by atoms with E-state index in [1.807, 2.05) is 17.0 Å². The van der Waals surface area contributed by atoms with Crippen LogP contribution in [-0.4, -0.2) is 61.7 Å². The highest BCUT2D eigenvalue weighted by molar-refractivity contribution is 5.91. The maximum Gasteiger partial charge on any atom is 0.289 e. The van der Waals surface area contributed by atoms with Gasteiger partial charge in [0.15, 0.2) is 5.76 Å². The van der Waals surface area contributed by atoms with Crippen LogP contribution in [-0.2, 0) is 22.6 Å². The van der Waals surface area contributed by atoms with Crippen LogP contribution in [0.4, 0.5) is 4.39 Å². The van der Waals surface area contributed by atoms with Crippen LogP contribution < -0.4 is 0 Å². The lowest BCUT2D eigenvalue weighted by molar-refractivity contribution is 0.0418. The van der Waals surface area contributed by atoms with Gasteiger partial charge in [-0.1, -0.05) is 18.2 Å². The van der Waals surface area contributed by atoms with Gasteiger partial charge in [0.1, 0.15) is 18.2 Å². The Bertz CT molecular complexity index is 872. The van der Waals surface area contributed by atoms with Crippen molar-refractivity contribution in [3.63, 3.8) is 0 Å². The number of carbonyl (C=O) groups is 1. The lowest BCUT2D eigenvalue weighted by atomic mass is 9.95. The molecule has 7 heteroatoms. The van der Waals surface area contributed by atoms with Gasteiger partial charge in [0.05, 0.1) is 6.10 Å². The van der Waals surface area contributed by atoms with Crippen molar-refractivity contribution in [2.45, 2.75) is 44.9 Å². The molecule has 0 spiro atoms. The smallest absolute Gasteiger partial charge is 0.289 e. The summed E-state index contributed by atoms with van der Waals surface area (Å²) in [6.45, 7) is 4.83. The second-order valence-electron chi connectivity index (χ2n) is 8.86. The van der Waals surface area contributed by atoms with E-state index in [0.29, 0.717) is 43.7 Å². The van der Waals surface area contributed by atoms with E-state index < -0.39 is 0 Å². The molecule has 3 heterocycles. The molecule has 1 atom stereocenters. The number of amides is 1. The van der Waals surface area contributed by atoms with Crippen LogP contribution in [0.1, 0.15) is 47.6 Å². The first-order valence-electron chi connectivity index (χ1n) is 11.6. The van der Waals surface area contributed by atoms with E-state index in [2.05, 4.69) is 4.90 Å². The highest BCUT2D eigenvalue weighted by Crippen LogP contribution is 2.24. The van der Waals surface area contributed by atoms with Crippen molar-refractivity contribution in [3.8, 4) is 0 Å².